The van der Waals surface area contributed by atoms with Crippen molar-refractivity contribution >= 4 is 21.4 Å². The van der Waals surface area contributed by atoms with Gasteiger partial charge in [-0.1, -0.05) is 18.2 Å². The number of para-hydroxylation sites is 1. The molecule has 0 unspecified atom stereocenters. The average Bonchev–Trinajstić information content (AvgIpc) is 2.34. The van der Waals surface area contributed by atoms with Crippen LogP contribution in [0.1, 0.15) is 5.56 Å². The third-order valence-electron chi connectivity index (χ3n) is 2.63. The largest absolute Gasteiger partial charge is 0.398 e. The SMILES string of the molecule is Cc1ccc(NS(=O)(=O)c2ccccc2N)cc1F. The van der Waals surface area contributed by atoms with Gasteiger partial charge in [0.05, 0.1) is 11.4 Å². The van der Waals surface area contributed by atoms with Gasteiger partial charge in [-0.3, -0.25) is 4.72 Å². The maximum Gasteiger partial charge on any atom is 0.263 e. The highest BCUT2D eigenvalue weighted by atomic mass is 32.2. The lowest BCUT2D eigenvalue weighted by Gasteiger charge is -2.10. The van der Waals surface area contributed by atoms with Gasteiger partial charge in [0.15, 0.2) is 0 Å². The molecule has 0 amide bonds. The predicted octanol–water partition coefficient (Wildman–Crippen LogP) is 2.52. The van der Waals surface area contributed by atoms with Crippen LogP contribution in [0.5, 0.6) is 0 Å². The molecule has 3 N–H and O–H groups in total. The minimum atomic E-state index is -3.82. The van der Waals surface area contributed by atoms with E-state index in [4.69, 9.17) is 5.73 Å². The Hall–Kier alpha value is -2.08. The smallest absolute Gasteiger partial charge is 0.263 e. The summed E-state index contributed by atoms with van der Waals surface area (Å²) in [6.07, 6.45) is 0. The van der Waals surface area contributed by atoms with Crippen molar-refractivity contribution in [1.82, 2.24) is 0 Å². The van der Waals surface area contributed by atoms with Crippen LogP contribution in [0.25, 0.3) is 0 Å². The van der Waals surface area contributed by atoms with E-state index in [2.05, 4.69) is 4.72 Å². The number of hydrogen-bond donors (Lipinski definition) is 2. The second-order valence-corrected chi connectivity index (χ2v) is 5.76. The van der Waals surface area contributed by atoms with E-state index in [0.717, 1.165) is 6.07 Å². The molecule has 0 spiro atoms. The van der Waals surface area contributed by atoms with Gasteiger partial charge in [0, 0.05) is 0 Å². The zero-order valence-electron chi connectivity index (χ0n) is 10.2. The molecule has 0 fully saturated rings. The number of nitrogens with one attached hydrogen (secondary N) is 1. The van der Waals surface area contributed by atoms with Crippen molar-refractivity contribution < 1.29 is 12.8 Å². The maximum atomic E-state index is 13.4. The highest BCUT2D eigenvalue weighted by molar-refractivity contribution is 7.92. The summed E-state index contributed by atoms with van der Waals surface area (Å²) in [5.74, 6) is -0.471. The second kappa shape index (κ2) is 4.89. The Kier molecular flexibility index (Phi) is 3.44. The first-order valence-corrected chi connectivity index (χ1v) is 7.02. The summed E-state index contributed by atoms with van der Waals surface area (Å²) >= 11 is 0. The Bertz CT molecular complexity index is 714. The first-order valence-electron chi connectivity index (χ1n) is 5.53. The number of anilines is 2. The van der Waals surface area contributed by atoms with Gasteiger partial charge in [-0.05, 0) is 36.8 Å². The van der Waals surface area contributed by atoms with Crippen LogP contribution in [-0.4, -0.2) is 8.42 Å². The van der Waals surface area contributed by atoms with Crippen molar-refractivity contribution in [3.05, 3.63) is 53.8 Å². The van der Waals surface area contributed by atoms with Crippen LogP contribution in [-0.2, 0) is 10.0 Å². The van der Waals surface area contributed by atoms with Crippen molar-refractivity contribution in [2.24, 2.45) is 0 Å². The van der Waals surface area contributed by atoms with Crippen molar-refractivity contribution in [1.29, 1.82) is 0 Å². The summed E-state index contributed by atoms with van der Waals surface area (Å²) < 4.78 is 39.9. The van der Waals surface area contributed by atoms with Gasteiger partial charge >= 0.3 is 0 Å². The molecule has 0 aliphatic heterocycles. The van der Waals surface area contributed by atoms with Gasteiger partial charge in [-0.25, -0.2) is 12.8 Å². The fourth-order valence-corrected chi connectivity index (χ4v) is 2.78. The zero-order chi connectivity index (χ0) is 14.0. The highest BCUT2D eigenvalue weighted by Crippen LogP contribution is 2.22. The quantitative estimate of drug-likeness (QED) is 0.848. The van der Waals surface area contributed by atoms with E-state index in [1.165, 1.54) is 24.3 Å². The zero-order valence-corrected chi connectivity index (χ0v) is 11.0. The van der Waals surface area contributed by atoms with Gasteiger partial charge in [0.2, 0.25) is 0 Å². The fourth-order valence-electron chi connectivity index (χ4n) is 1.59. The third kappa shape index (κ3) is 2.85. The van der Waals surface area contributed by atoms with Gasteiger partial charge in [0.1, 0.15) is 10.7 Å². The topological polar surface area (TPSA) is 72.2 Å². The van der Waals surface area contributed by atoms with Crippen LogP contribution in [0, 0.1) is 12.7 Å². The molecular formula is C13H13FN2O2S. The van der Waals surface area contributed by atoms with Gasteiger partial charge in [0.25, 0.3) is 10.0 Å². The van der Waals surface area contributed by atoms with E-state index >= 15 is 0 Å². The molecule has 0 atom stereocenters. The third-order valence-corrected chi connectivity index (χ3v) is 4.09. The lowest BCUT2D eigenvalue weighted by atomic mass is 10.2. The number of hydrogen-bond acceptors (Lipinski definition) is 3. The number of sulfonamides is 1. The number of halogens is 1. The molecule has 100 valence electrons. The maximum absolute atomic E-state index is 13.4. The Balaban J connectivity index is 2.37. The minimum Gasteiger partial charge on any atom is -0.398 e. The molecule has 19 heavy (non-hydrogen) atoms. The number of nitrogens with two attached hydrogens (primary N) is 1. The van der Waals surface area contributed by atoms with Crippen molar-refractivity contribution in [2.75, 3.05) is 10.5 Å². The van der Waals surface area contributed by atoms with Gasteiger partial charge in [-0.2, -0.15) is 0 Å². The Morgan fingerprint density at radius 2 is 1.84 bits per heavy atom. The molecule has 0 aliphatic carbocycles. The van der Waals surface area contributed by atoms with Crippen molar-refractivity contribution in [2.45, 2.75) is 11.8 Å². The number of aryl methyl sites for hydroxylation is 1. The molecule has 0 aliphatic rings. The van der Waals surface area contributed by atoms with Crippen LogP contribution in [0.4, 0.5) is 15.8 Å². The first-order chi connectivity index (χ1) is 8.90. The monoisotopic (exact) mass is 280 g/mol. The van der Waals surface area contributed by atoms with Crippen LogP contribution < -0.4 is 10.5 Å². The van der Waals surface area contributed by atoms with E-state index in [1.54, 1.807) is 19.1 Å². The van der Waals surface area contributed by atoms with E-state index in [9.17, 15) is 12.8 Å². The summed E-state index contributed by atoms with van der Waals surface area (Å²) in [5, 5.41) is 0. The molecule has 2 rings (SSSR count). The van der Waals surface area contributed by atoms with E-state index in [0.29, 0.717) is 5.56 Å². The standard InChI is InChI=1S/C13H13FN2O2S/c1-9-6-7-10(8-11(9)14)16-19(17,18)13-5-3-2-4-12(13)15/h2-8,16H,15H2,1H3. The normalized spacial score (nSPS) is 11.3. The highest BCUT2D eigenvalue weighted by Gasteiger charge is 2.17. The lowest BCUT2D eigenvalue weighted by molar-refractivity contribution is 0.601. The molecule has 0 saturated heterocycles. The molecule has 2 aromatic rings. The molecule has 0 saturated carbocycles. The predicted molar refractivity (Wildman–Crippen MR) is 72.8 cm³/mol. The van der Waals surface area contributed by atoms with Crippen LogP contribution in [0.2, 0.25) is 0 Å². The molecule has 0 aromatic heterocycles. The van der Waals surface area contributed by atoms with Crippen LogP contribution >= 0.6 is 0 Å². The van der Waals surface area contributed by atoms with Gasteiger partial charge in [-0.15, -0.1) is 0 Å². The van der Waals surface area contributed by atoms with E-state index < -0.39 is 15.8 Å². The summed E-state index contributed by atoms with van der Waals surface area (Å²) in [7, 11) is -3.82. The summed E-state index contributed by atoms with van der Waals surface area (Å²) in [6.45, 7) is 1.60. The average molecular weight is 280 g/mol. The molecule has 6 heteroatoms. The van der Waals surface area contributed by atoms with Gasteiger partial charge < -0.3 is 5.73 Å². The summed E-state index contributed by atoms with van der Waals surface area (Å²) in [4.78, 5) is -0.0315. The molecule has 0 radical (unpaired) electrons. The summed E-state index contributed by atoms with van der Waals surface area (Å²) in [6, 6.07) is 10.2. The van der Waals surface area contributed by atoms with Crippen molar-refractivity contribution in [3.8, 4) is 0 Å². The molecule has 2 aromatic carbocycles. The molecule has 0 heterocycles. The van der Waals surface area contributed by atoms with Crippen LogP contribution in [0.15, 0.2) is 47.4 Å². The number of benzene rings is 2. The molecule has 0 bridgehead atoms. The van der Waals surface area contributed by atoms with Crippen molar-refractivity contribution in [3.63, 3.8) is 0 Å². The summed E-state index contributed by atoms with van der Waals surface area (Å²) in [5.41, 5.74) is 6.37. The van der Waals surface area contributed by atoms with Crippen LogP contribution in [0.3, 0.4) is 0 Å². The number of rotatable bonds is 3. The van der Waals surface area contributed by atoms with E-state index in [1.807, 2.05) is 0 Å². The Labute approximate surface area is 111 Å². The second-order valence-electron chi connectivity index (χ2n) is 4.11. The molecule has 4 nitrogen and oxygen atoms in total. The Morgan fingerprint density at radius 1 is 1.16 bits per heavy atom. The van der Waals surface area contributed by atoms with E-state index in [-0.39, 0.29) is 16.3 Å². The molecular weight excluding hydrogens is 267 g/mol. The first kappa shape index (κ1) is 13.4. The number of nitrogen functional groups attached to an aromatic ring is 1. The lowest BCUT2D eigenvalue weighted by Crippen LogP contribution is -2.14. The fraction of sp³-hybridized carbons (Fsp3) is 0.0769. The minimum absolute atomic E-state index is 0.0315. The Morgan fingerprint density at radius 3 is 2.47 bits per heavy atom.